The highest BCUT2D eigenvalue weighted by Gasteiger charge is 2.34. The quantitative estimate of drug-likeness (QED) is 0.319. The summed E-state index contributed by atoms with van der Waals surface area (Å²) >= 11 is 0. The van der Waals surface area contributed by atoms with Gasteiger partial charge in [-0.1, -0.05) is 26.8 Å². The number of carbonyl (C=O) groups excluding carboxylic acids is 1. The molecule has 8 nitrogen and oxygen atoms in total. The lowest BCUT2D eigenvalue weighted by Crippen LogP contribution is -2.40. The zero-order valence-electron chi connectivity index (χ0n) is 26.4. The maximum atomic E-state index is 12.8. The largest absolute Gasteiger partial charge is 0.497 e. The maximum absolute atomic E-state index is 12.8. The van der Waals surface area contributed by atoms with Gasteiger partial charge in [0.25, 0.3) is 0 Å². The predicted octanol–water partition coefficient (Wildman–Crippen LogP) is 6.50. The second-order valence-electron chi connectivity index (χ2n) is 14.0. The Morgan fingerprint density at radius 2 is 1.72 bits per heavy atom. The van der Waals surface area contributed by atoms with E-state index < -0.39 is 5.97 Å². The third kappa shape index (κ3) is 8.42. The van der Waals surface area contributed by atoms with Crippen molar-refractivity contribution < 1.29 is 24.2 Å². The summed E-state index contributed by atoms with van der Waals surface area (Å²) in [5.74, 6) is 2.36. The highest BCUT2D eigenvalue weighted by atomic mass is 16.5. The molecular weight excluding hydrogens is 542 g/mol. The lowest BCUT2D eigenvalue weighted by Gasteiger charge is -2.38. The van der Waals surface area contributed by atoms with Crippen LogP contribution >= 0.6 is 0 Å². The van der Waals surface area contributed by atoms with Crippen LogP contribution < -0.4 is 14.4 Å². The molecule has 1 N–H and O–H groups in total. The van der Waals surface area contributed by atoms with Crippen molar-refractivity contribution >= 4 is 17.6 Å². The Morgan fingerprint density at radius 1 is 1.00 bits per heavy atom. The molecule has 1 saturated carbocycles. The SMILES string of the molecule is COc1ccc(C2CCN(C(=O)CC(C)(C)C)CC2)c(N2CCC(COc3cc(C(CC(=O)O)C4CC4)ccn3)CC2)c1. The molecule has 0 spiro atoms. The van der Waals surface area contributed by atoms with Gasteiger partial charge in [0.15, 0.2) is 0 Å². The molecule has 1 aromatic carbocycles. The number of ether oxygens (including phenoxy) is 2. The molecule has 1 aliphatic carbocycles. The number of methoxy groups -OCH3 is 1. The van der Waals surface area contributed by atoms with E-state index in [1.165, 1.54) is 11.3 Å². The Hall–Kier alpha value is -3.29. The third-order valence-corrected chi connectivity index (χ3v) is 9.40. The Morgan fingerprint density at radius 3 is 2.35 bits per heavy atom. The summed E-state index contributed by atoms with van der Waals surface area (Å²) in [6.45, 7) is 10.5. The van der Waals surface area contributed by atoms with E-state index >= 15 is 0 Å². The van der Waals surface area contributed by atoms with E-state index in [1.54, 1.807) is 13.3 Å². The van der Waals surface area contributed by atoms with E-state index in [1.807, 2.05) is 12.1 Å². The molecule has 8 heteroatoms. The first-order valence-corrected chi connectivity index (χ1v) is 16.1. The molecule has 1 amide bonds. The first-order chi connectivity index (χ1) is 20.6. The van der Waals surface area contributed by atoms with Crippen molar-refractivity contribution in [2.75, 3.05) is 44.8 Å². The van der Waals surface area contributed by atoms with Crippen molar-refractivity contribution in [1.82, 2.24) is 9.88 Å². The van der Waals surface area contributed by atoms with Crippen LogP contribution in [-0.4, -0.2) is 66.8 Å². The zero-order valence-corrected chi connectivity index (χ0v) is 26.4. The van der Waals surface area contributed by atoms with Crippen molar-refractivity contribution in [3.8, 4) is 11.6 Å². The van der Waals surface area contributed by atoms with Gasteiger partial charge in [0.2, 0.25) is 11.8 Å². The average molecular weight is 592 g/mol. The number of aliphatic carboxylic acids is 1. The number of pyridine rings is 1. The molecule has 2 aliphatic heterocycles. The number of likely N-dealkylation sites (tertiary alicyclic amines) is 1. The normalized spacial score (nSPS) is 19.3. The van der Waals surface area contributed by atoms with Crippen LogP contribution in [0.4, 0.5) is 5.69 Å². The molecule has 1 atom stereocenters. The number of rotatable bonds is 11. The highest BCUT2D eigenvalue weighted by Crippen LogP contribution is 2.45. The monoisotopic (exact) mass is 591 g/mol. The molecule has 0 bridgehead atoms. The number of benzene rings is 1. The van der Waals surface area contributed by atoms with Gasteiger partial charge >= 0.3 is 5.97 Å². The summed E-state index contributed by atoms with van der Waals surface area (Å²) in [6, 6.07) is 10.4. The molecule has 5 rings (SSSR count). The van der Waals surface area contributed by atoms with E-state index in [4.69, 9.17) is 9.47 Å². The third-order valence-electron chi connectivity index (χ3n) is 9.40. The molecule has 3 fully saturated rings. The first kappa shape index (κ1) is 31.1. The van der Waals surface area contributed by atoms with Gasteiger partial charge in [-0.3, -0.25) is 9.59 Å². The number of anilines is 1. The predicted molar refractivity (Wildman–Crippen MR) is 168 cm³/mol. The average Bonchev–Trinajstić information content (AvgIpc) is 3.84. The van der Waals surface area contributed by atoms with E-state index in [0.717, 1.165) is 76.0 Å². The number of hydrogen-bond donors (Lipinski definition) is 1. The Labute approximate surface area is 256 Å². The molecule has 2 saturated heterocycles. The standard InChI is InChI=1S/C35H49N3O5/c1-35(2,3)22-33(39)38-17-12-26(13-18-38)29-8-7-28(42-4)20-31(29)37-15-10-24(11-16-37)23-43-32-19-27(9-14-36-32)30(21-34(40)41)25-5-6-25/h7-9,14,19-20,24-26,30H,5-6,10-13,15-18,21-23H2,1-4H3,(H,40,41). The molecule has 2 aromatic rings. The fourth-order valence-corrected chi connectivity index (χ4v) is 6.80. The minimum Gasteiger partial charge on any atom is -0.497 e. The second-order valence-corrected chi connectivity index (χ2v) is 14.0. The van der Waals surface area contributed by atoms with Crippen LogP contribution in [0.2, 0.25) is 0 Å². The molecule has 43 heavy (non-hydrogen) atoms. The number of piperidine rings is 2. The number of nitrogens with zero attached hydrogens (tertiary/aromatic N) is 3. The van der Waals surface area contributed by atoms with Crippen LogP contribution in [0.25, 0.3) is 0 Å². The minimum absolute atomic E-state index is 0.00978. The van der Waals surface area contributed by atoms with Gasteiger partial charge < -0.3 is 24.4 Å². The van der Waals surface area contributed by atoms with Crippen molar-refractivity contribution in [1.29, 1.82) is 0 Å². The Balaban J connectivity index is 1.17. The van der Waals surface area contributed by atoms with Gasteiger partial charge in [-0.15, -0.1) is 0 Å². The Bertz CT molecular complexity index is 1250. The van der Waals surface area contributed by atoms with Gasteiger partial charge in [0.05, 0.1) is 20.1 Å². The molecule has 3 heterocycles. The number of carboxylic acid groups (broad SMARTS) is 1. The maximum Gasteiger partial charge on any atom is 0.303 e. The van der Waals surface area contributed by atoms with E-state index in [-0.39, 0.29) is 23.7 Å². The van der Waals surface area contributed by atoms with E-state index in [0.29, 0.717) is 36.7 Å². The minimum atomic E-state index is -0.751. The van der Waals surface area contributed by atoms with Crippen molar-refractivity contribution in [2.24, 2.45) is 17.3 Å². The first-order valence-electron chi connectivity index (χ1n) is 16.1. The van der Waals surface area contributed by atoms with Gasteiger partial charge in [-0.05, 0) is 90.9 Å². The number of carbonyl (C=O) groups is 2. The fraction of sp³-hybridized carbons (Fsp3) is 0.629. The lowest BCUT2D eigenvalue weighted by atomic mass is 9.86. The molecule has 234 valence electrons. The number of aromatic nitrogens is 1. The van der Waals surface area contributed by atoms with Crippen molar-refractivity contribution in [2.45, 2.75) is 84.0 Å². The topological polar surface area (TPSA) is 92.2 Å². The number of carboxylic acids is 1. The fourth-order valence-electron chi connectivity index (χ4n) is 6.80. The lowest BCUT2D eigenvalue weighted by molar-refractivity contribution is -0.137. The smallest absolute Gasteiger partial charge is 0.303 e. The van der Waals surface area contributed by atoms with E-state index in [9.17, 15) is 14.7 Å². The van der Waals surface area contributed by atoms with Gasteiger partial charge in [0, 0.05) is 56.6 Å². The molecular formula is C35H49N3O5. The summed E-state index contributed by atoms with van der Waals surface area (Å²) in [4.78, 5) is 33.2. The van der Waals surface area contributed by atoms with Gasteiger partial charge in [-0.25, -0.2) is 4.98 Å². The number of hydrogen-bond acceptors (Lipinski definition) is 6. The highest BCUT2D eigenvalue weighted by molar-refractivity contribution is 5.77. The van der Waals surface area contributed by atoms with Crippen molar-refractivity contribution in [3.63, 3.8) is 0 Å². The van der Waals surface area contributed by atoms with Crippen molar-refractivity contribution in [3.05, 3.63) is 47.7 Å². The second kappa shape index (κ2) is 13.6. The summed E-state index contributed by atoms with van der Waals surface area (Å²) in [7, 11) is 1.72. The van der Waals surface area contributed by atoms with Crippen LogP contribution in [0.5, 0.6) is 11.6 Å². The van der Waals surface area contributed by atoms with Gasteiger partial charge in [-0.2, -0.15) is 0 Å². The van der Waals surface area contributed by atoms with Crippen LogP contribution in [0.1, 0.15) is 95.1 Å². The zero-order chi connectivity index (χ0) is 30.6. The summed E-state index contributed by atoms with van der Waals surface area (Å²) in [5.41, 5.74) is 3.67. The number of amides is 1. The van der Waals surface area contributed by atoms with Crippen LogP contribution in [0, 0.1) is 17.3 Å². The van der Waals surface area contributed by atoms with Gasteiger partial charge in [0.1, 0.15) is 5.75 Å². The molecule has 0 radical (unpaired) electrons. The molecule has 1 unspecified atom stereocenters. The Kier molecular flexibility index (Phi) is 9.82. The van der Waals surface area contributed by atoms with Crippen LogP contribution in [0.15, 0.2) is 36.5 Å². The van der Waals surface area contributed by atoms with Crippen LogP contribution in [-0.2, 0) is 9.59 Å². The molecule has 3 aliphatic rings. The van der Waals surface area contributed by atoms with E-state index in [2.05, 4.69) is 53.8 Å². The van der Waals surface area contributed by atoms with Crippen LogP contribution in [0.3, 0.4) is 0 Å². The summed E-state index contributed by atoms with van der Waals surface area (Å²) < 4.78 is 11.8. The summed E-state index contributed by atoms with van der Waals surface area (Å²) in [6.07, 6.45) is 8.73. The molecule has 1 aromatic heterocycles. The summed E-state index contributed by atoms with van der Waals surface area (Å²) in [5, 5.41) is 9.38.